The topological polar surface area (TPSA) is 35.2 Å². The summed E-state index contributed by atoms with van der Waals surface area (Å²) in [6, 6.07) is 9.68. The molecule has 0 spiro atoms. The Morgan fingerprint density at radius 1 is 1.05 bits per heavy atom. The van der Waals surface area contributed by atoms with Crippen molar-refractivity contribution in [3.63, 3.8) is 0 Å². The molecule has 2 nitrogen and oxygen atoms in total. The number of benzene rings is 2. The third-order valence-corrected chi connectivity index (χ3v) is 2.76. The zero-order valence-corrected chi connectivity index (χ0v) is 10.7. The molecule has 0 aliphatic rings. The molecule has 0 fully saturated rings. The highest BCUT2D eigenvalue weighted by molar-refractivity contribution is 7.80. The summed E-state index contributed by atoms with van der Waals surface area (Å²) >= 11 is 4.89. The molecule has 5 heteroatoms. The van der Waals surface area contributed by atoms with Crippen molar-refractivity contribution in [2.75, 3.05) is 0 Å². The largest absolute Gasteiger partial charge is 0.489 e. The first-order valence-electron chi connectivity index (χ1n) is 5.53. The predicted octanol–water partition coefficient (Wildman–Crippen LogP) is 3.18. The van der Waals surface area contributed by atoms with Gasteiger partial charge >= 0.3 is 0 Å². The van der Waals surface area contributed by atoms with Crippen LogP contribution in [-0.2, 0) is 6.61 Å². The molecule has 0 atom stereocenters. The Balaban J connectivity index is 2.16. The number of hydrogen-bond donors (Lipinski definition) is 1. The van der Waals surface area contributed by atoms with E-state index in [2.05, 4.69) is 0 Å². The van der Waals surface area contributed by atoms with Crippen molar-refractivity contribution in [2.24, 2.45) is 5.73 Å². The number of rotatable bonds is 4. The van der Waals surface area contributed by atoms with Crippen molar-refractivity contribution in [3.05, 3.63) is 65.2 Å². The molecule has 0 aromatic heterocycles. The van der Waals surface area contributed by atoms with Gasteiger partial charge in [0.1, 0.15) is 29.0 Å². The minimum absolute atomic E-state index is 0.107. The molecule has 0 radical (unpaired) electrons. The van der Waals surface area contributed by atoms with Gasteiger partial charge in [-0.25, -0.2) is 8.78 Å². The van der Waals surface area contributed by atoms with Crippen LogP contribution in [0.25, 0.3) is 0 Å². The average Bonchev–Trinajstić information content (AvgIpc) is 2.38. The van der Waals surface area contributed by atoms with Crippen LogP contribution in [0, 0.1) is 11.6 Å². The maximum atomic E-state index is 13.2. The zero-order chi connectivity index (χ0) is 13.8. The van der Waals surface area contributed by atoms with E-state index in [-0.39, 0.29) is 17.4 Å². The van der Waals surface area contributed by atoms with E-state index in [0.717, 1.165) is 0 Å². The molecule has 0 saturated heterocycles. The van der Waals surface area contributed by atoms with Crippen LogP contribution in [0.3, 0.4) is 0 Å². The van der Waals surface area contributed by atoms with Crippen molar-refractivity contribution in [1.29, 1.82) is 0 Å². The summed E-state index contributed by atoms with van der Waals surface area (Å²) in [5.41, 5.74) is 6.68. The van der Waals surface area contributed by atoms with Gasteiger partial charge in [0.05, 0.1) is 0 Å². The lowest BCUT2D eigenvalue weighted by atomic mass is 10.1. The zero-order valence-electron chi connectivity index (χ0n) is 9.90. The molecular weight excluding hydrogens is 268 g/mol. The van der Waals surface area contributed by atoms with E-state index >= 15 is 0 Å². The van der Waals surface area contributed by atoms with Crippen LogP contribution < -0.4 is 10.5 Å². The van der Waals surface area contributed by atoms with Crippen LogP contribution >= 0.6 is 12.2 Å². The van der Waals surface area contributed by atoms with Crippen LogP contribution in [-0.4, -0.2) is 4.99 Å². The first-order valence-corrected chi connectivity index (χ1v) is 5.93. The van der Waals surface area contributed by atoms with Crippen LogP contribution in [0.2, 0.25) is 0 Å². The highest BCUT2D eigenvalue weighted by Gasteiger charge is 2.07. The maximum Gasteiger partial charge on any atom is 0.123 e. The highest BCUT2D eigenvalue weighted by atomic mass is 32.1. The van der Waals surface area contributed by atoms with Crippen molar-refractivity contribution in [3.8, 4) is 5.75 Å². The van der Waals surface area contributed by atoms with Gasteiger partial charge in [0.15, 0.2) is 0 Å². The van der Waals surface area contributed by atoms with Crippen molar-refractivity contribution in [2.45, 2.75) is 6.61 Å². The van der Waals surface area contributed by atoms with E-state index in [9.17, 15) is 8.78 Å². The predicted molar refractivity (Wildman–Crippen MR) is 73.0 cm³/mol. The molecule has 19 heavy (non-hydrogen) atoms. The lowest BCUT2D eigenvalue weighted by Crippen LogP contribution is -2.13. The third kappa shape index (κ3) is 3.48. The third-order valence-electron chi connectivity index (χ3n) is 2.54. The number of halogens is 2. The lowest BCUT2D eigenvalue weighted by molar-refractivity contribution is 0.305. The molecule has 0 unspecified atom stereocenters. The van der Waals surface area contributed by atoms with E-state index < -0.39 is 5.82 Å². The van der Waals surface area contributed by atoms with Crippen molar-refractivity contribution >= 4 is 17.2 Å². The van der Waals surface area contributed by atoms with Gasteiger partial charge in [-0.15, -0.1) is 0 Å². The Bertz CT molecular complexity index is 599. The van der Waals surface area contributed by atoms with Gasteiger partial charge in [-0.2, -0.15) is 0 Å². The van der Waals surface area contributed by atoms with Crippen LogP contribution in [0.4, 0.5) is 8.78 Å². The first-order chi connectivity index (χ1) is 9.06. The molecule has 0 amide bonds. The summed E-state index contributed by atoms with van der Waals surface area (Å²) in [4.78, 5) is 0.178. The number of hydrogen-bond acceptors (Lipinski definition) is 2. The molecule has 2 rings (SSSR count). The molecule has 0 saturated carbocycles. The smallest absolute Gasteiger partial charge is 0.123 e. The van der Waals surface area contributed by atoms with Gasteiger partial charge in [0.2, 0.25) is 0 Å². The molecule has 0 bridgehead atoms. The van der Waals surface area contributed by atoms with E-state index in [1.807, 2.05) is 0 Å². The van der Waals surface area contributed by atoms with Gasteiger partial charge in [0, 0.05) is 11.1 Å². The molecule has 0 aliphatic heterocycles. The van der Waals surface area contributed by atoms with Crippen LogP contribution in [0.15, 0.2) is 42.5 Å². The fraction of sp³-hybridized carbons (Fsp3) is 0.0714. The molecule has 2 N–H and O–H groups in total. The average molecular weight is 279 g/mol. The van der Waals surface area contributed by atoms with Crippen molar-refractivity contribution < 1.29 is 13.5 Å². The minimum atomic E-state index is -0.391. The fourth-order valence-corrected chi connectivity index (χ4v) is 1.81. The van der Waals surface area contributed by atoms with Gasteiger partial charge in [-0.05, 0) is 42.5 Å². The molecule has 2 aromatic rings. The summed E-state index contributed by atoms with van der Waals surface area (Å²) in [5, 5.41) is 0. The Hall–Kier alpha value is -2.01. The summed E-state index contributed by atoms with van der Waals surface area (Å²) in [6.45, 7) is 0.107. The minimum Gasteiger partial charge on any atom is -0.489 e. The summed E-state index contributed by atoms with van der Waals surface area (Å²) in [5.74, 6) is -0.251. The molecule has 98 valence electrons. The summed E-state index contributed by atoms with van der Waals surface area (Å²) in [7, 11) is 0. The standard InChI is InChI=1S/C14H11F2NOS/c15-10-1-4-12(5-2-10)18-8-9-7-11(16)3-6-13(9)14(17)19/h1-7H,8H2,(H2,17,19). The number of nitrogens with two attached hydrogens (primary N) is 1. The Morgan fingerprint density at radius 2 is 1.68 bits per heavy atom. The summed E-state index contributed by atoms with van der Waals surface area (Å²) in [6.07, 6.45) is 0. The van der Waals surface area contributed by atoms with E-state index in [1.165, 1.54) is 42.5 Å². The Labute approximate surface area is 114 Å². The van der Waals surface area contributed by atoms with Crippen molar-refractivity contribution in [1.82, 2.24) is 0 Å². The SMILES string of the molecule is NC(=S)c1ccc(F)cc1COc1ccc(F)cc1. The second kappa shape index (κ2) is 5.75. The summed E-state index contributed by atoms with van der Waals surface area (Å²) < 4.78 is 31.4. The lowest BCUT2D eigenvalue weighted by Gasteiger charge is -2.10. The second-order valence-electron chi connectivity index (χ2n) is 3.91. The van der Waals surface area contributed by atoms with E-state index in [4.69, 9.17) is 22.7 Å². The fourth-order valence-electron chi connectivity index (χ4n) is 1.61. The normalized spacial score (nSPS) is 10.2. The van der Waals surface area contributed by atoms with Gasteiger partial charge < -0.3 is 10.5 Å². The number of ether oxygens (including phenoxy) is 1. The second-order valence-corrected chi connectivity index (χ2v) is 4.35. The van der Waals surface area contributed by atoms with Crippen LogP contribution in [0.1, 0.15) is 11.1 Å². The quantitative estimate of drug-likeness (QED) is 0.873. The monoisotopic (exact) mass is 279 g/mol. The Morgan fingerprint density at radius 3 is 2.32 bits per heavy atom. The van der Waals surface area contributed by atoms with Crippen LogP contribution in [0.5, 0.6) is 5.75 Å². The maximum absolute atomic E-state index is 13.2. The van der Waals surface area contributed by atoms with E-state index in [1.54, 1.807) is 0 Å². The molecule has 0 heterocycles. The van der Waals surface area contributed by atoms with Gasteiger partial charge in [-0.3, -0.25) is 0 Å². The first kappa shape index (κ1) is 13.4. The Kier molecular flexibility index (Phi) is 4.06. The van der Waals surface area contributed by atoms with Gasteiger partial charge in [-0.1, -0.05) is 12.2 Å². The molecule has 0 aliphatic carbocycles. The number of thiocarbonyl (C=S) groups is 1. The highest BCUT2D eigenvalue weighted by Crippen LogP contribution is 2.17. The van der Waals surface area contributed by atoms with E-state index in [0.29, 0.717) is 16.9 Å². The molecular formula is C14H11F2NOS. The molecule has 2 aromatic carbocycles. The van der Waals surface area contributed by atoms with Gasteiger partial charge in [0.25, 0.3) is 0 Å².